The van der Waals surface area contributed by atoms with Crippen molar-refractivity contribution in [3.8, 4) is 5.75 Å². The molecule has 0 saturated carbocycles. The molecule has 0 bridgehead atoms. The summed E-state index contributed by atoms with van der Waals surface area (Å²) in [6.07, 6.45) is -3.72. The van der Waals surface area contributed by atoms with Gasteiger partial charge < -0.3 is 15.4 Å². The van der Waals surface area contributed by atoms with Crippen LogP contribution < -0.4 is 15.4 Å². The molecule has 0 radical (unpaired) electrons. The molecule has 27 heavy (non-hydrogen) atoms. The summed E-state index contributed by atoms with van der Waals surface area (Å²) < 4.78 is 40.4. The van der Waals surface area contributed by atoms with Crippen LogP contribution in [0.1, 0.15) is 12.0 Å². The SMILES string of the molecule is FC(F)(F)Oc1ccc(NC(=S)N[C@@H]2CCN(Cc3ccccc3)C2)cc1. The summed E-state index contributed by atoms with van der Waals surface area (Å²) in [6, 6.07) is 16.0. The number of likely N-dealkylation sites (tertiary alicyclic amines) is 1. The molecule has 1 heterocycles. The summed E-state index contributed by atoms with van der Waals surface area (Å²) in [7, 11) is 0. The maximum Gasteiger partial charge on any atom is 0.573 e. The van der Waals surface area contributed by atoms with Gasteiger partial charge in [-0.1, -0.05) is 30.3 Å². The summed E-state index contributed by atoms with van der Waals surface area (Å²) in [4.78, 5) is 2.36. The molecule has 4 nitrogen and oxygen atoms in total. The highest BCUT2D eigenvalue weighted by Gasteiger charge is 2.31. The van der Waals surface area contributed by atoms with E-state index >= 15 is 0 Å². The van der Waals surface area contributed by atoms with Gasteiger partial charge in [-0.25, -0.2) is 0 Å². The topological polar surface area (TPSA) is 36.5 Å². The van der Waals surface area contributed by atoms with Gasteiger partial charge in [0.2, 0.25) is 0 Å². The highest BCUT2D eigenvalue weighted by Crippen LogP contribution is 2.24. The van der Waals surface area contributed by atoms with Crippen LogP contribution >= 0.6 is 12.2 Å². The second-order valence-electron chi connectivity index (χ2n) is 6.38. The van der Waals surface area contributed by atoms with Crippen LogP contribution in [0.15, 0.2) is 54.6 Å². The van der Waals surface area contributed by atoms with Crippen molar-refractivity contribution in [2.24, 2.45) is 0 Å². The lowest BCUT2D eigenvalue weighted by atomic mass is 10.2. The molecule has 1 aliphatic heterocycles. The number of nitrogens with zero attached hydrogens (tertiary/aromatic N) is 1. The van der Waals surface area contributed by atoms with Crippen molar-refractivity contribution in [2.75, 3.05) is 18.4 Å². The number of rotatable bonds is 5. The largest absolute Gasteiger partial charge is 0.573 e. The molecular formula is C19H20F3N3OS. The third kappa shape index (κ3) is 6.41. The molecular weight excluding hydrogens is 375 g/mol. The first kappa shape index (κ1) is 19.4. The van der Waals surface area contributed by atoms with E-state index in [0.29, 0.717) is 10.8 Å². The lowest BCUT2D eigenvalue weighted by Gasteiger charge is -2.18. The van der Waals surface area contributed by atoms with Crippen LogP contribution in [0.4, 0.5) is 18.9 Å². The normalized spacial score (nSPS) is 17.5. The van der Waals surface area contributed by atoms with E-state index in [4.69, 9.17) is 12.2 Å². The zero-order valence-electron chi connectivity index (χ0n) is 14.5. The smallest absolute Gasteiger partial charge is 0.406 e. The maximum absolute atomic E-state index is 12.2. The van der Waals surface area contributed by atoms with E-state index in [2.05, 4.69) is 32.4 Å². The molecule has 0 amide bonds. The average Bonchev–Trinajstić information content (AvgIpc) is 3.03. The number of nitrogens with one attached hydrogen (secondary N) is 2. The summed E-state index contributed by atoms with van der Waals surface area (Å²) >= 11 is 5.31. The molecule has 2 N–H and O–H groups in total. The minimum atomic E-state index is -4.69. The molecule has 0 aromatic heterocycles. The first-order valence-electron chi connectivity index (χ1n) is 8.57. The molecule has 2 aromatic rings. The van der Waals surface area contributed by atoms with Crippen molar-refractivity contribution in [3.05, 3.63) is 60.2 Å². The van der Waals surface area contributed by atoms with E-state index in [9.17, 15) is 13.2 Å². The van der Waals surface area contributed by atoms with Gasteiger partial charge in [0.25, 0.3) is 0 Å². The van der Waals surface area contributed by atoms with Gasteiger partial charge in [0.05, 0.1) is 0 Å². The monoisotopic (exact) mass is 395 g/mol. The van der Waals surface area contributed by atoms with E-state index in [1.807, 2.05) is 18.2 Å². The van der Waals surface area contributed by atoms with Crippen LogP contribution in [-0.2, 0) is 6.54 Å². The number of hydrogen-bond acceptors (Lipinski definition) is 3. The number of anilines is 1. The Morgan fingerprint density at radius 1 is 1.11 bits per heavy atom. The Morgan fingerprint density at radius 3 is 2.48 bits per heavy atom. The number of thiocarbonyl (C=S) groups is 1. The minimum Gasteiger partial charge on any atom is -0.406 e. The number of benzene rings is 2. The average molecular weight is 395 g/mol. The fourth-order valence-corrected chi connectivity index (χ4v) is 3.31. The minimum absolute atomic E-state index is 0.238. The number of halogens is 3. The first-order chi connectivity index (χ1) is 12.9. The second kappa shape index (κ2) is 8.58. The van der Waals surface area contributed by atoms with E-state index in [0.717, 1.165) is 26.1 Å². The molecule has 3 rings (SSSR count). The quantitative estimate of drug-likeness (QED) is 0.744. The third-order valence-corrected chi connectivity index (χ3v) is 4.42. The Labute approximate surface area is 161 Å². The predicted molar refractivity (Wildman–Crippen MR) is 103 cm³/mol. The van der Waals surface area contributed by atoms with Crippen LogP contribution in [-0.4, -0.2) is 35.5 Å². The molecule has 1 aliphatic rings. The van der Waals surface area contributed by atoms with E-state index in [1.165, 1.54) is 29.8 Å². The lowest BCUT2D eigenvalue weighted by molar-refractivity contribution is -0.274. The Balaban J connectivity index is 1.44. The molecule has 1 atom stereocenters. The number of alkyl halides is 3. The highest BCUT2D eigenvalue weighted by molar-refractivity contribution is 7.80. The summed E-state index contributed by atoms with van der Waals surface area (Å²) in [5.74, 6) is -0.265. The molecule has 144 valence electrons. The molecule has 0 spiro atoms. The van der Waals surface area contributed by atoms with Crippen molar-refractivity contribution in [3.63, 3.8) is 0 Å². The Bertz CT molecular complexity index is 753. The molecule has 0 unspecified atom stereocenters. The van der Waals surface area contributed by atoms with E-state index in [1.54, 1.807) is 0 Å². The van der Waals surface area contributed by atoms with Gasteiger partial charge in [-0.3, -0.25) is 4.90 Å². The van der Waals surface area contributed by atoms with Crippen LogP contribution in [0.3, 0.4) is 0 Å². The van der Waals surface area contributed by atoms with Crippen LogP contribution in [0.5, 0.6) is 5.75 Å². The van der Waals surface area contributed by atoms with Gasteiger partial charge in [0.15, 0.2) is 5.11 Å². The molecule has 1 saturated heterocycles. The third-order valence-electron chi connectivity index (χ3n) is 4.20. The van der Waals surface area contributed by atoms with Crippen molar-refractivity contribution in [1.82, 2.24) is 10.2 Å². The van der Waals surface area contributed by atoms with Gasteiger partial charge in [-0.15, -0.1) is 13.2 Å². The first-order valence-corrected chi connectivity index (χ1v) is 8.98. The van der Waals surface area contributed by atoms with Gasteiger partial charge in [0.1, 0.15) is 5.75 Å². The fourth-order valence-electron chi connectivity index (χ4n) is 3.03. The second-order valence-corrected chi connectivity index (χ2v) is 6.79. The molecule has 2 aromatic carbocycles. The van der Waals surface area contributed by atoms with E-state index < -0.39 is 6.36 Å². The number of hydrogen-bond donors (Lipinski definition) is 2. The lowest BCUT2D eigenvalue weighted by Crippen LogP contribution is -2.39. The molecule has 0 aliphatic carbocycles. The van der Waals surface area contributed by atoms with Gasteiger partial charge in [-0.05, 0) is 48.5 Å². The standard InChI is InChI=1S/C19H20F3N3OS/c20-19(21,22)26-17-8-6-15(7-9-17)23-18(27)24-16-10-11-25(13-16)12-14-4-2-1-3-5-14/h1-9,16H,10-13H2,(H2,23,24,27)/t16-/m1/s1. The Kier molecular flexibility index (Phi) is 6.18. The number of ether oxygens (including phenoxy) is 1. The Hall–Kier alpha value is -2.32. The van der Waals surface area contributed by atoms with Crippen LogP contribution in [0.25, 0.3) is 0 Å². The zero-order valence-corrected chi connectivity index (χ0v) is 15.3. The summed E-state index contributed by atoms with van der Waals surface area (Å²) in [6.45, 7) is 2.77. The molecule has 1 fully saturated rings. The summed E-state index contributed by atoms with van der Waals surface area (Å²) in [5.41, 5.74) is 1.88. The van der Waals surface area contributed by atoms with E-state index in [-0.39, 0.29) is 11.8 Å². The summed E-state index contributed by atoms with van der Waals surface area (Å²) in [5, 5.41) is 6.70. The van der Waals surface area contributed by atoms with Crippen molar-refractivity contribution >= 4 is 23.0 Å². The van der Waals surface area contributed by atoms with Gasteiger partial charge in [-0.2, -0.15) is 0 Å². The van der Waals surface area contributed by atoms with Gasteiger partial charge >= 0.3 is 6.36 Å². The van der Waals surface area contributed by atoms with Crippen molar-refractivity contribution in [2.45, 2.75) is 25.4 Å². The van der Waals surface area contributed by atoms with Crippen molar-refractivity contribution in [1.29, 1.82) is 0 Å². The van der Waals surface area contributed by atoms with Crippen molar-refractivity contribution < 1.29 is 17.9 Å². The Morgan fingerprint density at radius 2 is 1.81 bits per heavy atom. The van der Waals surface area contributed by atoms with Crippen LogP contribution in [0, 0.1) is 0 Å². The fraction of sp³-hybridized carbons (Fsp3) is 0.316. The van der Waals surface area contributed by atoms with Crippen LogP contribution in [0.2, 0.25) is 0 Å². The zero-order chi connectivity index (χ0) is 19.3. The maximum atomic E-state index is 12.2. The highest BCUT2D eigenvalue weighted by atomic mass is 32.1. The van der Waals surface area contributed by atoms with Gasteiger partial charge in [0, 0.05) is 31.4 Å². The predicted octanol–water partition coefficient (Wildman–Crippen LogP) is 4.15. The molecule has 8 heteroatoms.